The Morgan fingerprint density at radius 1 is 1.16 bits per heavy atom. The van der Waals surface area contributed by atoms with Crippen LogP contribution < -0.4 is 5.32 Å². The predicted molar refractivity (Wildman–Crippen MR) is 108 cm³/mol. The van der Waals surface area contributed by atoms with Crippen molar-refractivity contribution in [1.29, 1.82) is 0 Å². The summed E-state index contributed by atoms with van der Waals surface area (Å²) in [6.07, 6.45) is 3.31. The first kappa shape index (κ1) is 22.2. The Bertz CT molecular complexity index is 547. The molecule has 0 saturated carbocycles. The first-order chi connectivity index (χ1) is 11.2. The van der Waals surface area contributed by atoms with E-state index in [1.54, 1.807) is 0 Å². The smallest absolute Gasteiger partial charge is 0.239 e. The van der Waals surface area contributed by atoms with E-state index >= 15 is 0 Å². The van der Waals surface area contributed by atoms with Crippen molar-refractivity contribution in [2.45, 2.75) is 38.8 Å². The zero-order valence-electron chi connectivity index (χ0n) is 15.2. The van der Waals surface area contributed by atoms with E-state index in [1.807, 2.05) is 7.05 Å². The van der Waals surface area contributed by atoms with Crippen molar-refractivity contribution in [1.82, 2.24) is 15.1 Å². The van der Waals surface area contributed by atoms with Gasteiger partial charge in [0.1, 0.15) is 0 Å². The number of benzene rings is 1. The molecule has 2 heterocycles. The van der Waals surface area contributed by atoms with E-state index in [0.29, 0.717) is 5.91 Å². The Hall–Kier alpha value is -0.810. The van der Waals surface area contributed by atoms with Gasteiger partial charge in [0.15, 0.2) is 0 Å². The molecule has 1 fully saturated rings. The van der Waals surface area contributed by atoms with Gasteiger partial charge in [0.25, 0.3) is 0 Å². The van der Waals surface area contributed by atoms with Crippen LogP contribution in [0.4, 0.5) is 0 Å². The lowest BCUT2D eigenvalue weighted by molar-refractivity contribution is -0.138. The zero-order chi connectivity index (χ0) is 16.2. The number of piperidine rings is 1. The van der Waals surface area contributed by atoms with Crippen molar-refractivity contribution in [2.24, 2.45) is 5.92 Å². The zero-order valence-corrected chi connectivity index (χ0v) is 16.9. The van der Waals surface area contributed by atoms with Crippen LogP contribution in [0.5, 0.6) is 0 Å². The first-order valence-corrected chi connectivity index (χ1v) is 8.93. The van der Waals surface area contributed by atoms with Crippen LogP contribution in [0.3, 0.4) is 0 Å². The topological polar surface area (TPSA) is 35.6 Å². The third-order valence-electron chi connectivity index (χ3n) is 5.48. The maximum absolute atomic E-state index is 12.8. The summed E-state index contributed by atoms with van der Waals surface area (Å²) in [5, 5.41) is 3.25. The molecule has 0 spiro atoms. The van der Waals surface area contributed by atoms with Gasteiger partial charge in [-0.25, -0.2) is 0 Å². The molecule has 0 bridgehead atoms. The van der Waals surface area contributed by atoms with Crippen molar-refractivity contribution in [3.63, 3.8) is 0 Å². The highest BCUT2D eigenvalue weighted by Crippen LogP contribution is 2.22. The van der Waals surface area contributed by atoms with Gasteiger partial charge in [-0.05, 0) is 56.8 Å². The SMILES string of the molecule is CNCC1CCN(C(=O)C(C)N2CCc3ccccc3C2)CC1.Cl.Cl. The van der Waals surface area contributed by atoms with E-state index in [1.165, 1.54) is 11.1 Å². The van der Waals surface area contributed by atoms with Crippen LogP contribution in [0.25, 0.3) is 0 Å². The molecule has 1 amide bonds. The van der Waals surface area contributed by atoms with Gasteiger partial charge in [-0.1, -0.05) is 24.3 Å². The Kier molecular flexibility index (Phi) is 9.22. The summed E-state index contributed by atoms with van der Waals surface area (Å²) in [4.78, 5) is 17.3. The summed E-state index contributed by atoms with van der Waals surface area (Å²) >= 11 is 0. The summed E-state index contributed by atoms with van der Waals surface area (Å²) < 4.78 is 0. The fourth-order valence-corrected chi connectivity index (χ4v) is 3.91. The number of hydrogen-bond donors (Lipinski definition) is 1. The number of carbonyl (C=O) groups excluding carboxylic acids is 1. The van der Waals surface area contributed by atoms with Crippen LogP contribution in [0.15, 0.2) is 24.3 Å². The van der Waals surface area contributed by atoms with Crippen LogP contribution in [0.2, 0.25) is 0 Å². The largest absolute Gasteiger partial charge is 0.341 e. The molecule has 1 aromatic carbocycles. The van der Waals surface area contributed by atoms with Gasteiger partial charge in [-0.3, -0.25) is 9.69 Å². The molecule has 0 radical (unpaired) electrons. The maximum Gasteiger partial charge on any atom is 0.239 e. The number of nitrogens with zero attached hydrogens (tertiary/aromatic N) is 2. The number of nitrogens with one attached hydrogen (secondary N) is 1. The molecule has 6 heteroatoms. The monoisotopic (exact) mass is 387 g/mol. The molecule has 142 valence electrons. The van der Waals surface area contributed by atoms with Gasteiger partial charge in [0, 0.05) is 26.2 Å². The van der Waals surface area contributed by atoms with Crippen LogP contribution in [-0.4, -0.2) is 55.0 Å². The van der Waals surface area contributed by atoms with Crippen molar-refractivity contribution in [3.05, 3.63) is 35.4 Å². The molecule has 1 aromatic rings. The van der Waals surface area contributed by atoms with Crippen molar-refractivity contribution < 1.29 is 4.79 Å². The second-order valence-electron chi connectivity index (χ2n) is 6.99. The third kappa shape index (κ3) is 5.33. The van der Waals surface area contributed by atoms with Crippen molar-refractivity contribution >= 4 is 30.7 Å². The molecule has 2 aliphatic rings. The molecule has 1 unspecified atom stereocenters. The average Bonchev–Trinajstić information content (AvgIpc) is 2.61. The summed E-state index contributed by atoms with van der Waals surface area (Å²) in [6.45, 7) is 6.87. The molecule has 25 heavy (non-hydrogen) atoms. The molecule has 0 aromatic heterocycles. The Balaban J connectivity index is 0.00000156. The average molecular weight is 388 g/mol. The molecule has 0 aliphatic carbocycles. The second-order valence-corrected chi connectivity index (χ2v) is 6.99. The van der Waals surface area contributed by atoms with Crippen molar-refractivity contribution in [3.8, 4) is 0 Å². The van der Waals surface area contributed by atoms with E-state index in [0.717, 1.165) is 57.9 Å². The number of carbonyl (C=O) groups is 1. The van der Waals surface area contributed by atoms with E-state index in [2.05, 4.69) is 46.3 Å². The Morgan fingerprint density at radius 3 is 2.44 bits per heavy atom. The van der Waals surface area contributed by atoms with E-state index in [4.69, 9.17) is 0 Å². The number of halogens is 2. The molecule has 4 nitrogen and oxygen atoms in total. The highest BCUT2D eigenvalue weighted by Gasteiger charge is 2.30. The van der Waals surface area contributed by atoms with E-state index < -0.39 is 0 Å². The number of rotatable bonds is 4. The highest BCUT2D eigenvalue weighted by molar-refractivity contribution is 5.85. The normalized spacial score (nSPS) is 19.4. The molecule has 1 atom stereocenters. The molecular weight excluding hydrogens is 357 g/mol. The standard InChI is InChI=1S/C19H29N3O.2ClH/c1-15(19(23)21-10-7-16(8-11-21)13-20-2)22-12-9-17-5-3-4-6-18(17)14-22;;/h3-6,15-16,20H,7-14H2,1-2H3;2*1H. The third-order valence-corrected chi connectivity index (χ3v) is 5.48. The van der Waals surface area contributed by atoms with Gasteiger partial charge >= 0.3 is 0 Å². The fourth-order valence-electron chi connectivity index (χ4n) is 3.91. The molecule has 3 rings (SSSR count). The summed E-state index contributed by atoms with van der Waals surface area (Å²) in [5.41, 5.74) is 2.82. The minimum atomic E-state index is -0.00999. The van der Waals surface area contributed by atoms with Crippen LogP contribution >= 0.6 is 24.8 Å². The predicted octanol–water partition coefficient (Wildman–Crippen LogP) is 2.73. The van der Waals surface area contributed by atoms with Crippen LogP contribution in [0, 0.1) is 5.92 Å². The molecule has 1 N–H and O–H groups in total. The van der Waals surface area contributed by atoms with Crippen LogP contribution in [-0.2, 0) is 17.8 Å². The lowest BCUT2D eigenvalue weighted by Gasteiger charge is -2.38. The van der Waals surface area contributed by atoms with Gasteiger partial charge in [0.05, 0.1) is 6.04 Å². The van der Waals surface area contributed by atoms with Crippen LogP contribution in [0.1, 0.15) is 30.9 Å². The van der Waals surface area contributed by atoms with E-state index in [-0.39, 0.29) is 30.9 Å². The number of fused-ring (bicyclic) bond motifs is 1. The Labute approximate surface area is 164 Å². The highest BCUT2D eigenvalue weighted by atomic mass is 35.5. The van der Waals surface area contributed by atoms with Crippen molar-refractivity contribution in [2.75, 3.05) is 33.2 Å². The summed E-state index contributed by atoms with van der Waals surface area (Å²) in [5.74, 6) is 1.04. The van der Waals surface area contributed by atoms with Gasteiger partial charge in [-0.15, -0.1) is 24.8 Å². The molecular formula is C19H31Cl2N3O. The van der Waals surface area contributed by atoms with E-state index in [9.17, 15) is 4.79 Å². The fraction of sp³-hybridized carbons (Fsp3) is 0.632. The minimum absolute atomic E-state index is 0. The molecule has 2 aliphatic heterocycles. The van der Waals surface area contributed by atoms with Gasteiger partial charge in [-0.2, -0.15) is 0 Å². The quantitative estimate of drug-likeness (QED) is 0.862. The summed E-state index contributed by atoms with van der Waals surface area (Å²) in [7, 11) is 2.01. The minimum Gasteiger partial charge on any atom is -0.341 e. The lowest BCUT2D eigenvalue weighted by atomic mass is 9.95. The van der Waals surface area contributed by atoms with Gasteiger partial charge in [0.2, 0.25) is 5.91 Å². The number of likely N-dealkylation sites (tertiary alicyclic amines) is 1. The Morgan fingerprint density at radius 2 is 1.80 bits per heavy atom. The summed E-state index contributed by atoms with van der Waals surface area (Å²) in [6, 6.07) is 8.61. The van der Waals surface area contributed by atoms with Gasteiger partial charge < -0.3 is 10.2 Å². The first-order valence-electron chi connectivity index (χ1n) is 8.93. The molecule has 1 saturated heterocycles. The second kappa shape index (κ2) is 10.4. The maximum atomic E-state index is 12.8. The number of amides is 1. The number of hydrogen-bond acceptors (Lipinski definition) is 3. The lowest BCUT2D eigenvalue weighted by Crippen LogP contribution is -2.51.